The molecule has 3 rings (SSSR count). The number of hydrogen-bond acceptors (Lipinski definition) is 3. The number of carbonyl (C=O) groups is 1. The zero-order valence-electron chi connectivity index (χ0n) is 13.9. The largest absolute Gasteiger partial charge is 0.462 e. The highest BCUT2D eigenvalue weighted by Gasteiger charge is 2.12. The lowest BCUT2D eigenvalue weighted by atomic mass is 9.95. The Bertz CT molecular complexity index is 940. The third kappa shape index (κ3) is 3.59. The average molecular weight is 327 g/mol. The fourth-order valence-corrected chi connectivity index (χ4v) is 2.72. The third-order valence-electron chi connectivity index (χ3n) is 3.93. The van der Waals surface area contributed by atoms with Crippen molar-refractivity contribution in [3.8, 4) is 28.3 Å². The first kappa shape index (κ1) is 16.5. The van der Waals surface area contributed by atoms with Crippen LogP contribution in [0, 0.1) is 11.3 Å². The Morgan fingerprint density at radius 1 is 0.920 bits per heavy atom. The molecule has 3 nitrogen and oxygen atoms in total. The molecule has 3 aromatic rings. The van der Waals surface area contributed by atoms with Crippen LogP contribution < -0.4 is 0 Å². The minimum Gasteiger partial charge on any atom is -0.462 e. The fourth-order valence-electron chi connectivity index (χ4n) is 2.72. The molecule has 0 aliphatic carbocycles. The van der Waals surface area contributed by atoms with Crippen LogP contribution in [0.15, 0.2) is 72.8 Å². The second-order valence-electron chi connectivity index (χ2n) is 5.54. The van der Waals surface area contributed by atoms with Crippen LogP contribution in [0.25, 0.3) is 22.3 Å². The first-order valence-corrected chi connectivity index (χ1v) is 8.10. The minimum atomic E-state index is -0.382. The van der Waals surface area contributed by atoms with Crippen LogP contribution in [0.4, 0.5) is 0 Å². The van der Waals surface area contributed by atoms with Crippen molar-refractivity contribution in [2.75, 3.05) is 6.61 Å². The van der Waals surface area contributed by atoms with Gasteiger partial charge in [-0.25, -0.2) is 4.79 Å². The van der Waals surface area contributed by atoms with Crippen LogP contribution in [0.1, 0.15) is 22.8 Å². The molecule has 0 heterocycles. The van der Waals surface area contributed by atoms with Gasteiger partial charge in [0.1, 0.15) is 0 Å². The summed E-state index contributed by atoms with van der Waals surface area (Å²) in [6, 6.07) is 25.2. The summed E-state index contributed by atoms with van der Waals surface area (Å²) >= 11 is 0. The molecule has 0 N–H and O–H groups in total. The van der Waals surface area contributed by atoms with Gasteiger partial charge < -0.3 is 4.74 Å². The molecule has 3 heteroatoms. The van der Waals surface area contributed by atoms with Gasteiger partial charge >= 0.3 is 5.97 Å². The second-order valence-corrected chi connectivity index (χ2v) is 5.54. The van der Waals surface area contributed by atoms with E-state index in [1.165, 1.54) is 0 Å². The summed E-state index contributed by atoms with van der Waals surface area (Å²) in [6.07, 6.45) is 0. The Balaban J connectivity index is 2.08. The SMILES string of the molecule is CCOC(=O)c1ccc(C#N)c(-c2cccc(-c3ccccc3)c2)c1. The van der Waals surface area contributed by atoms with E-state index >= 15 is 0 Å². The molecule has 0 aliphatic rings. The van der Waals surface area contributed by atoms with Crippen LogP contribution in [0.5, 0.6) is 0 Å². The summed E-state index contributed by atoms with van der Waals surface area (Å²) in [6.45, 7) is 2.09. The van der Waals surface area contributed by atoms with Gasteiger partial charge in [0.15, 0.2) is 0 Å². The van der Waals surface area contributed by atoms with Gasteiger partial charge in [0.2, 0.25) is 0 Å². The number of nitriles is 1. The van der Waals surface area contributed by atoms with E-state index < -0.39 is 0 Å². The van der Waals surface area contributed by atoms with E-state index in [2.05, 4.69) is 6.07 Å². The van der Waals surface area contributed by atoms with Crippen LogP contribution in [-0.4, -0.2) is 12.6 Å². The molecule has 3 aromatic carbocycles. The number of esters is 1. The molecular formula is C22H17NO2. The molecule has 0 saturated heterocycles. The van der Waals surface area contributed by atoms with Gasteiger partial charge in [-0.05, 0) is 47.9 Å². The predicted molar refractivity (Wildman–Crippen MR) is 98.0 cm³/mol. The summed E-state index contributed by atoms with van der Waals surface area (Å²) in [4.78, 5) is 12.0. The summed E-state index contributed by atoms with van der Waals surface area (Å²) in [5.41, 5.74) is 4.75. The van der Waals surface area contributed by atoms with Gasteiger partial charge in [-0.2, -0.15) is 5.26 Å². The van der Waals surface area contributed by atoms with Gasteiger partial charge in [-0.15, -0.1) is 0 Å². The summed E-state index contributed by atoms with van der Waals surface area (Å²) in [5.74, 6) is -0.382. The maximum atomic E-state index is 12.0. The number of nitrogens with zero attached hydrogens (tertiary/aromatic N) is 1. The van der Waals surface area contributed by atoms with Gasteiger partial charge in [-0.3, -0.25) is 0 Å². The van der Waals surface area contributed by atoms with E-state index in [0.717, 1.165) is 22.3 Å². The van der Waals surface area contributed by atoms with Crippen molar-refractivity contribution >= 4 is 5.97 Å². The lowest BCUT2D eigenvalue weighted by molar-refractivity contribution is 0.0526. The molecule has 0 aromatic heterocycles. The summed E-state index contributed by atoms with van der Waals surface area (Å²) in [7, 11) is 0. The first-order valence-electron chi connectivity index (χ1n) is 8.10. The van der Waals surface area contributed by atoms with Crippen LogP contribution in [-0.2, 0) is 4.74 Å². The molecule has 0 bridgehead atoms. The second kappa shape index (κ2) is 7.46. The highest BCUT2D eigenvalue weighted by atomic mass is 16.5. The average Bonchev–Trinajstić information content (AvgIpc) is 2.68. The van der Waals surface area contributed by atoms with Gasteiger partial charge in [-0.1, -0.05) is 48.5 Å². The van der Waals surface area contributed by atoms with Crippen LogP contribution >= 0.6 is 0 Å². The number of ether oxygens (including phenoxy) is 1. The molecule has 25 heavy (non-hydrogen) atoms. The molecule has 0 atom stereocenters. The van der Waals surface area contributed by atoms with E-state index in [0.29, 0.717) is 17.7 Å². The van der Waals surface area contributed by atoms with Crippen molar-refractivity contribution in [1.29, 1.82) is 5.26 Å². The van der Waals surface area contributed by atoms with Gasteiger partial charge in [0.05, 0.1) is 23.8 Å². The Morgan fingerprint density at radius 3 is 2.36 bits per heavy atom. The normalized spacial score (nSPS) is 10.1. The quantitative estimate of drug-likeness (QED) is 0.629. The lowest BCUT2D eigenvalue weighted by Crippen LogP contribution is -2.05. The third-order valence-corrected chi connectivity index (χ3v) is 3.93. The molecule has 0 unspecified atom stereocenters. The molecule has 0 aliphatic heterocycles. The molecule has 0 radical (unpaired) electrons. The van der Waals surface area contributed by atoms with E-state index in [4.69, 9.17) is 4.74 Å². The minimum absolute atomic E-state index is 0.317. The number of carbonyl (C=O) groups excluding carboxylic acids is 1. The topological polar surface area (TPSA) is 50.1 Å². The predicted octanol–water partition coefficient (Wildman–Crippen LogP) is 5.07. The van der Waals surface area contributed by atoms with Crippen LogP contribution in [0.2, 0.25) is 0 Å². The molecular weight excluding hydrogens is 310 g/mol. The smallest absolute Gasteiger partial charge is 0.338 e. The van der Waals surface area contributed by atoms with Crippen molar-refractivity contribution in [3.63, 3.8) is 0 Å². The Hall–Kier alpha value is -3.38. The number of hydrogen-bond donors (Lipinski definition) is 0. The van der Waals surface area contributed by atoms with E-state index in [9.17, 15) is 10.1 Å². The Morgan fingerprint density at radius 2 is 1.64 bits per heavy atom. The van der Waals surface area contributed by atoms with Gasteiger partial charge in [0.25, 0.3) is 0 Å². The van der Waals surface area contributed by atoms with Crippen molar-refractivity contribution in [2.45, 2.75) is 6.92 Å². The maximum Gasteiger partial charge on any atom is 0.338 e. The van der Waals surface area contributed by atoms with Crippen LogP contribution in [0.3, 0.4) is 0 Å². The lowest BCUT2D eigenvalue weighted by Gasteiger charge is -2.10. The molecule has 0 spiro atoms. The standard InChI is InChI=1S/C22H17NO2/c1-2-25-22(24)19-11-12-20(15-23)21(14-19)18-10-6-9-17(13-18)16-7-4-3-5-8-16/h3-14H,2H2,1H3. The van der Waals surface area contributed by atoms with Crippen molar-refractivity contribution in [3.05, 3.63) is 83.9 Å². The Labute approximate surface area is 147 Å². The molecule has 0 fully saturated rings. The molecule has 122 valence electrons. The van der Waals surface area contributed by atoms with E-state index in [1.54, 1.807) is 25.1 Å². The first-order chi connectivity index (χ1) is 12.2. The van der Waals surface area contributed by atoms with E-state index in [1.807, 2.05) is 54.6 Å². The van der Waals surface area contributed by atoms with E-state index in [-0.39, 0.29) is 5.97 Å². The molecule has 0 saturated carbocycles. The molecule has 0 amide bonds. The highest BCUT2D eigenvalue weighted by Crippen LogP contribution is 2.29. The summed E-state index contributed by atoms with van der Waals surface area (Å²) < 4.78 is 5.06. The van der Waals surface area contributed by atoms with Crippen molar-refractivity contribution in [2.24, 2.45) is 0 Å². The maximum absolute atomic E-state index is 12.0. The van der Waals surface area contributed by atoms with Crippen molar-refractivity contribution in [1.82, 2.24) is 0 Å². The number of rotatable bonds is 4. The fraction of sp³-hybridized carbons (Fsp3) is 0.0909. The van der Waals surface area contributed by atoms with Crippen molar-refractivity contribution < 1.29 is 9.53 Å². The highest BCUT2D eigenvalue weighted by molar-refractivity contribution is 5.92. The zero-order chi connectivity index (χ0) is 17.6. The summed E-state index contributed by atoms with van der Waals surface area (Å²) in [5, 5.41) is 9.43. The van der Waals surface area contributed by atoms with Gasteiger partial charge in [0, 0.05) is 5.56 Å². The monoisotopic (exact) mass is 327 g/mol. The zero-order valence-corrected chi connectivity index (χ0v) is 13.9. The Kier molecular flexibility index (Phi) is 4.92. The number of benzene rings is 3.